The molecule has 0 radical (unpaired) electrons. The van der Waals surface area contributed by atoms with Crippen LogP contribution in [0.3, 0.4) is 0 Å². The number of rotatable bonds is 5. The van der Waals surface area contributed by atoms with Crippen molar-refractivity contribution in [2.45, 2.75) is 19.3 Å². The maximum atomic E-state index is 12.0. The molecule has 0 amide bonds. The lowest BCUT2D eigenvalue weighted by Crippen LogP contribution is -2.48. The van der Waals surface area contributed by atoms with E-state index in [2.05, 4.69) is 33.0 Å². The molecule has 94 valence electrons. The van der Waals surface area contributed by atoms with E-state index >= 15 is 0 Å². The molecule has 0 N–H and O–H groups in total. The summed E-state index contributed by atoms with van der Waals surface area (Å²) < 4.78 is 25.1. The Labute approximate surface area is 109 Å². The largest absolute Gasteiger partial charge is 0.302 e. The topological polar surface area (TPSA) is 3.24 Å². The maximum Gasteiger partial charge on any atom is 0.239 e. The first kappa shape index (κ1) is 13.0. The molecular weight excluding hydrogens is 288 g/mol. The quantitative estimate of drug-likeness (QED) is 0.804. The Morgan fingerprint density at radius 2 is 1.88 bits per heavy atom. The van der Waals surface area contributed by atoms with Gasteiger partial charge in [-0.3, -0.25) is 0 Å². The molecule has 0 aromatic heterocycles. The monoisotopic (exact) mass is 303 g/mol. The van der Waals surface area contributed by atoms with Gasteiger partial charge >= 0.3 is 0 Å². The molecule has 17 heavy (non-hydrogen) atoms. The molecule has 1 aliphatic rings. The van der Waals surface area contributed by atoms with Gasteiger partial charge < -0.3 is 4.90 Å². The first-order valence-corrected chi connectivity index (χ1v) is 6.68. The summed E-state index contributed by atoms with van der Waals surface area (Å²) >= 11 is 3.41. The van der Waals surface area contributed by atoms with E-state index in [0.717, 1.165) is 24.0 Å². The third kappa shape index (κ3) is 4.03. The van der Waals surface area contributed by atoms with Gasteiger partial charge in [0.1, 0.15) is 0 Å². The molecule has 1 nitrogen and oxygen atoms in total. The highest BCUT2D eigenvalue weighted by Crippen LogP contribution is 2.22. The van der Waals surface area contributed by atoms with Gasteiger partial charge in [-0.1, -0.05) is 28.1 Å². The van der Waals surface area contributed by atoms with Crippen molar-refractivity contribution in [3.8, 4) is 0 Å². The van der Waals surface area contributed by atoms with Crippen LogP contribution in [0.15, 0.2) is 28.7 Å². The zero-order valence-electron chi connectivity index (χ0n) is 9.58. The van der Waals surface area contributed by atoms with Gasteiger partial charge in [0.05, 0.1) is 0 Å². The second kappa shape index (κ2) is 5.91. The molecule has 0 saturated carbocycles. The number of hydrogen-bond donors (Lipinski definition) is 0. The van der Waals surface area contributed by atoms with E-state index in [1.807, 2.05) is 12.1 Å². The standard InChI is InChI=1S/C13H16BrF2N/c14-12-3-1-10(2-4-12)7-11-8-17(9-11)6-5-13(15)16/h1-4,11,13H,5-9H2. The fourth-order valence-electron chi connectivity index (χ4n) is 2.22. The number of halogens is 3. The number of hydrogen-bond acceptors (Lipinski definition) is 1. The summed E-state index contributed by atoms with van der Waals surface area (Å²) in [5, 5.41) is 0. The highest BCUT2D eigenvalue weighted by Gasteiger charge is 2.26. The summed E-state index contributed by atoms with van der Waals surface area (Å²) in [7, 11) is 0. The molecule has 1 aromatic rings. The summed E-state index contributed by atoms with van der Waals surface area (Å²) in [6, 6.07) is 8.32. The van der Waals surface area contributed by atoms with E-state index < -0.39 is 6.43 Å². The minimum absolute atomic E-state index is 0.00496. The smallest absolute Gasteiger partial charge is 0.239 e. The van der Waals surface area contributed by atoms with Crippen molar-refractivity contribution < 1.29 is 8.78 Å². The second-order valence-corrected chi connectivity index (χ2v) is 5.55. The average molecular weight is 304 g/mol. The van der Waals surface area contributed by atoms with Crippen molar-refractivity contribution in [1.82, 2.24) is 4.90 Å². The highest BCUT2D eigenvalue weighted by atomic mass is 79.9. The van der Waals surface area contributed by atoms with Crippen LogP contribution < -0.4 is 0 Å². The third-order valence-electron chi connectivity index (χ3n) is 3.13. The van der Waals surface area contributed by atoms with Gasteiger partial charge in [0, 0.05) is 30.5 Å². The van der Waals surface area contributed by atoms with Crippen molar-refractivity contribution >= 4 is 15.9 Å². The molecular formula is C13H16BrF2N. The highest BCUT2D eigenvalue weighted by molar-refractivity contribution is 9.10. The van der Waals surface area contributed by atoms with Gasteiger partial charge in [0.25, 0.3) is 0 Å². The van der Waals surface area contributed by atoms with Crippen LogP contribution in [0, 0.1) is 5.92 Å². The Balaban J connectivity index is 1.68. The van der Waals surface area contributed by atoms with Crippen LogP contribution in [0.2, 0.25) is 0 Å². The summed E-state index contributed by atoms with van der Waals surface area (Å²) in [5.41, 5.74) is 1.33. The second-order valence-electron chi connectivity index (χ2n) is 4.64. The summed E-state index contributed by atoms with van der Waals surface area (Å²) in [6.45, 7) is 2.46. The molecule has 1 heterocycles. The molecule has 0 bridgehead atoms. The lowest BCUT2D eigenvalue weighted by atomic mass is 9.92. The van der Waals surface area contributed by atoms with Crippen molar-refractivity contribution in [3.05, 3.63) is 34.3 Å². The molecule has 1 aliphatic heterocycles. The van der Waals surface area contributed by atoms with Crippen LogP contribution in [-0.4, -0.2) is 31.0 Å². The normalized spacial score (nSPS) is 17.4. The van der Waals surface area contributed by atoms with E-state index in [0.29, 0.717) is 12.5 Å². The van der Waals surface area contributed by atoms with Gasteiger partial charge in [0.15, 0.2) is 0 Å². The van der Waals surface area contributed by atoms with Crippen LogP contribution in [0.25, 0.3) is 0 Å². The molecule has 1 aromatic carbocycles. The number of nitrogens with zero attached hydrogens (tertiary/aromatic N) is 1. The van der Waals surface area contributed by atoms with E-state index in [-0.39, 0.29) is 6.42 Å². The van der Waals surface area contributed by atoms with E-state index in [9.17, 15) is 8.78 Å². The Morgan fingerprint density at radius 3 is 2.47 bits per heavy atom. The predicted octanol–water partition coefficient (Wildman–Crippen LogP) is 3.58. The number of alkyl halides is 2. The Bertz CT molecular complexity index is 347. The SMILES string of the molecule is FC(F)CCN1CC(Cc2ccc(Br)cc2)C1. The summed E-state index contributed by atoms with van der Waals surface area (Å²) in [6.07, 6.45) is -1.11. The van der Waals surface area contributed by atoms with Crippen LogP contribution >= 0.6 is 15.9 Å². The van der Waals surface area contributed by atoms with Crippen LogP contribution in [0.1, 0.15) is 12.0 Å². The number of likely N-dealkylation sites (tertiary alicyclic amines) is 1. The van der Waals surface area contributed by atoms with Gasteiger partial charge in [-0.25, -0.2) is 8.78 Å². The molecule has 1 fully saturated rings. The fourth-order valence-corrected chi connectivity index (χ4v) is 2.49. The predicted molar refractivity (Wildman–Crippen MR) is 68.4 cm³/mol. The molecule has 0 aliphatic carbocycles. The zero-order valence-corrected chi connectivity index (χ0v) is 11.2. The minimum Gasteiger partial charge on any atom is -0.302 e. The van der Waals surface area contributed by atoms with E-state index in [4.69, 9.17) is 0 Å². The van der Waals surface area contributed by atoms with Crippen molar-refractivity contribution in [2.24, 2.45) is 5.92 Å². The average Bonchev–Trinajstić information content (AvgIpc) is 2.23. The summed E-state index contributed by atoms with van der Waals surface area (Å²) in [4.78, 5) is 2.11. The van der Waals surface area contributed by atoms with Crippen molar-refractivity contribution in [1.29, 1.82) is 0 Å². The molecule has 2 rings (SSSR count). The first-order valence-electron chi connectivity index (χ1n) is 5.88. The molecule has 0 unspecified atom stereocenters. The third-order valence-corrected chi connectivity index (χ3v) is 3.66. The van der Waals surface area contributed by atoms with Crippen molar-refractivity contribution in [3.63, 3.8) is 0 Å². The molecule has 0 atom stereocenters. The fraction of sp³-hybridized carbons (Fsp3) is 0.538. The molecule has 4 heteroatoms. The Hall–Kier alpha value is -0.480. The minimum atomic E-state index is -2.17. The first-order chi connectivity index (χ1) is 8.13. The Kier molecular flexibility index (Phi) is 4.51. The van der Waals surface area contributed by atoms with Gasteiger partial charge in [0.2, 0.25) is 6.43 Å². The van der Waals surface area contributed by atoms with Gasteiger partial charge in [-0.2, -0.15) is 0 Å². The molecule has 0 spiro atoms. The van der Waals surface area contributed by atoms with E-state index in [1.54, 1.807) is 0 Å². The molecule has 1 saturated heterocycles. The van der Waals surface area contributed by atoms with Gasteiger partial charge in [-0.15, -0.1) is 0 Å². The lowest BCUT2D eigenvalue weighted by Gasteiger charge is -2.39. The lowest BCUT2D eigenvalue weighted by molar-refractivity contribution is 0.0626. The van der Waals surface area contributed by atoms with Crippen LogP contribution in [0.4, 0.5) is 8.78 Å². The van der Waals surface area contributed by atoms with Gasteiger partial charge in [-0.05, 0) is 30.0 Å². The number of benzene rings is 1. The van der Waals surface area contributed by atoms with E-state index in [1.165, 1.54) is 5.56 Å². The maximum absolute atomic E-state index is 12.0. The van der Waals surface area contributed by atoms with Crippen LogP contribution in [-0.2, 0) is 6.42 Å². The van der Waals surface area contributed by atoms with Crippen molar-refractivity contribution in [2.75, 3.05) is 19.6 Å². The zero-order chi connectivity index (χ0) is 12.3. The van der Waals surface area contributed by atoms with Crippen LogP contribution in [0.5, 0.6) is 0 Å². The Morgan fingerprint density at radius 1 is 1.24 bits per heavy atom. The summed E-state index contributed by atoms with van der Waals surface area (Å²) in [5.74, 6) is 0.633.